The second-order valence-electron chi connectivity index (χ2n) is 8.01. The van der Waals surface area contributed by atoms with Gasteiger partial charge in [-0.05, 0) is 42.9 Å². The Balaban J connectivity index is 1.55. The van der Waals surface area contributed by atoms with Crippen LogP contribution in [0, 0.1) is 0 Å². The zero-order chi connectivity index (χ0) is 24.3. The lowest BCUT2D eigenvalue weighted by molar-refractivity contribution is -0.138. The number of nitrogens with zero attached hydrogens (tertiary/aromatic N) is 1. The van der Waals surface area contributed by atoms with Crippen LogP contribution in [0.5, 0.6) is 0 Å². The van der Waals surface area contributed by atoms with Crippen LogP contribution < -0.4 is 16.2 Å². The summed E-state index contributed by atoms with van der Waals surface area (Å²) in [6.45, 7) is -0.284. The van der Waals surface area contributed by atoms with Crippen LogP contribution in [0.25, 0.3) is 0 Å². The smallest absolute Gasteiger partial charge is 0.348 e. The molecule has 6 nitrogen and oxygen atoms in total. The number of alkyl halides is 3. The van der Waals surface area contributed by atoms with E-state index in [9.17, 15) is 27.6 Å². The number of aryl methyl sites for hydroxylation is 1. The molecule has 34 heavy (non-hydrogen) atoms. The van der Waals surface area contributed by atoms with Gasteiger partial charge in [0.1, 0.15) is 11.5 Å². The Bertz CT molecular complexity index is 1270. The van der Waals surface area contributed by atoms with Crippen molar-refractivity contribution >= 4 is 28.2 Å². The third kappa shape index (κ3) is 5.39. The van der Waals surface area contributed by atoms with Crippen LogP contribution in [0.3, 0.4) is 0 Å². The van der Waals surface area contributed by atoms with E-state index < -0.39 is 29.8 Å². The Morgan fingerprint density at radius 1 is 1.03 bits per heavy atom. The third-order valence-corrected chi connectivity index (χ3v) is 6.78. The largest absolute Gasteiger partial charge is 0.417 e. The van der Waals surface area contributed by atoms with E-state index in [1.165, 1.54) is 11.3 Å². The fourth-order valence-corrected chi connectivity index (χ4v) is 5.21. The number of carbonyl (C=O) groups excluding carboxylic acids is 2. The first kappa shape index (κ1) is 23.7. The highest BCUT2D eigenvalue weighted by atomic mass is 32.1. The van der Waals surface area contributed by atoms with Crippen LogP contribution in [0.1, 0.15) is 44.8 Å². The van der Waals surface area contributed by atoms with Crippen LogP contribution in [-0.2, 0) is 36.9 Å². The molecule has 0 aliphatic heterocycles. The van der Waals surface area contributed by atoms with Crippen molar-refractivity contribution in [1.82, 2.24) is 9.88 Å². The number of amides is 2. The number of anilines is 1. The molecule has 0 saturated carbocycles. The topological polar surface area (TPSA) is 80.2 Å². The standard InChI is InChI=1S/C24H22F3N3O3S/c25-24(26,27)16-10-11-20(32)30(13-16)14-19(31)29-23-21(17-8-4-5-9-18(17)34-23)22(33)28-12-15-6-2-1-3-7-15/h1-3,6-7,10-11,13H,4-5,8-9,12,14H2,(H,28,33)(H,29,31). The number of hydrogen-bond acceptors (Lipinski definition) is 4. The number of benzene rings is 1. The van der Waals surface area contributed by atoms with Crippen molar-refractivity contribution in [3.63, 3.8) is 0 Å². The summed E-state index contributed by atoms with van der Waals surface area (Å²) < 4.78 is 39.7. The second kappa shape index (κ2) is 9.84. The number of pyridine rings is 1. The van der Waals surface area contributed by atoms with Crippen molar-refractivity contribution in [2.24, 2.45) is 0 Å². The lowest BCUT2D eigenvalue weighted by Crippen LogP contribution is -2.29. The van der Waals surface area contributed by atoms with E-state index in [1.54, 1.807) is 0 Å². The third-order valence-electron chi connectivity index (χ3n) is 5.57. The van der Waals surface area contributed by atoms with Gasteiger partial charge in [0.15, 0.2) is 0 Å². The predicted octanol–water partition coefficient (Wildman–Crippen LogP) is 4.38. The highest BCUT2D eigenvalue weighted by molar-refractivity contribution is 7.17. The molecule has 0 spiro atoms. The van der Waals surface area contributed by atoms with Crippen molar-refractivity contribution in [3.8, 4) is 0 Å². The minimum Gasteiger partial charge on any atom is -0.348 e. The molecule has 0 atom stereocenters. The van der Waals surface area contributed by atoms with Crippen LogP contribution >= 0.6 is 11.3 Å². The Morgan fingerprint density at radius 2 is 1.76 bits per heavy atom. The summed E-state index contributed by atoms with van der Waals surface area (Å²) in [6, 6.07) is 10.9. The lowest BCUT2D eigenvalue weighted by atomic mass is 9.95. The molecule has 1 aliphatic rings. The summed E-state index contributed by atoms with van der Waals surface area (Å²) >= 11 is 1.30. The Morgan fingerprint density at radius 3 is 2.50 bits per heavy atom. The first-order chi connectivity index (χ1) is 16.2. The summed E-state index contributed by atoms with van der Waals surface area (Å²) in [5.74, 6) is -1.01. The molecular formula is C24H22F3N3O3S. The van der Waals surface area contributed by atoms with E-state index in [0.29, 0.717) is 40.4 Å². The molecule has 0 radical (unpaired) electrons. The monoisotopic (exact) mass is 489 g/mol. The molecular weight excluding hydrogens is 467 g/mol. The quantitative estimate of drug-likeness (QED) is 0.540. The van der Waals surface area contributed by atoms with Gasteiger partial charge in [0.2, 0.25) is 5.91 Å². The molecule has 2 amide bonds. The molecule has 0 fully saturated rings. The summed E-state index contributed by atoms with van der Waals surface area (Å²) in [5.41, 5.74) is 0.463. The number of carbonyl (C=O) groups is 2. The Labute approximate surface area is 197 Å². The number of thiophene rings is 1. The molecule has 0 unspecified atom stereocenters. The number of halogens is 3. The lowest BCUT2D eigenvalue weighted by Gasteiger charge is -2.14. The molecule has 2 heterocycles. The molecule has 1 aliphatic carbocycles. The van der Waals surface area contributed by atoms with Gasteiger partial charge in [-0.25, -0.2) is 0 Å². The molecule has 1 aromatic carbocycles. The van der Waals surface area contributed by atoms with Crippen molar-refractivity contribution in [2.75, 3.05) is 5.32 Å². The van der Waals surface area contributed by atoms with Gasteiger partial charge in [-0.1, -0.05) is 30.3 Å². The highest BCUT2D eigenvalue weighted by Gasteiger charge is 2.31. The minimum atomic E-state index is -4.64. The predicted molar refractivity (Wildman–Crippen MR) is 123 cm³/mol. The van der Waals surface area contributed by atoms with Gasteiger partial charge in [-0.15, -0.1) is 11.3 Å². The van der Waals surface area contributed by atoms with Gasteiger partial charge < -0.3 is 15.2 Å². The van der Waals surface area contributed by atoms with Gasteiger partial charge >= 0.3 is 6.18 Å². The Kier molecular flexibility index (Phi) is 6.87. The molecule has 4 rings (SSSR count). The van der Waals surface area contributed by atoms with Gasteiger partial charge in [-0.3, -0.25) is 14.4 Å². The highest BCUT2D eigenvalue weighted by Crippen LogP contribution is 2.38. The zero-order valence-corrected chi connectivity index (χ0v) is 18.9. The van der Waals surface area contributed by atoms with Gasteiger partial charge in [0.25, 0.3) is 11.5 Å². The number of rotatable bonds is 6. The molecule has 3 aromatic rings. The van der Waals surface area contributed by atoms with E-state index in [1.807, 2.05) is 30.3 Å². The van der Waals surface area contributed by atoms with E-state index in [0.717, 1.165) is 41.3 Å². The summed E-state index contributed by atoms with van der Waals surface area (Å²) in [7, 11) is 0. The maximum Gasteiger partial charge on any atom is 0.417 e. The van der Waals surface area contributed by atoms with Crippen molar-refractivity contribution in [2.45, 2.75) is 44.9 Å². The average Bonchev–Trinajstić information content (AvgIpc) is 3.16. The molecule has 2 aromatic heterocycles. The van der Waals surface area contributed by atoms with E-state index >= 15 is 0 Å². The fraction of sp³-hybridized carbons (Fsp3) is 0.292. The summed E-state index contributed by atoms with van der Waals surface area (Å²) in [4.78, 5) is 38.8. The van der Waals surface area contributed by atoms with Crippen molar-refractivity contribution < 1.29 is 22.8 Å². The van der Waals surface area contributed by atoms with Crippen LogP contribution in [0.15, 0.2) is 53.5 Å². The van der Waals surface area contributed by atoms with E-state index in [4.69, 9.17) is 0 Å². The van der Waals surface area contributed by atoms with Gasteiger partial charge in [-0.2, -0.15) is 13.2 Å². The normalized spacial score (nSPS) is 13.3. The number of hydrogen-bond donors (Lipinski definition) is 2. The van der Waals surface area contributed by atoms with Crippen LogP contribution in [-0.4, -0.2) is 16.4 Å². The van der Waals surface area contributed by atoms with Gasteiger partial charge in [0, 0.05) is 23.7 Å². The summed E-state index contributed by atoms with van der Waals surface area (Å²) in [6.07, 6.45) is -0.607. The molecule has 0 saturated heterocycles. The molecule has 178 valence electrons. The first-order valence-corrected chi connectivity index (χ1v) is 11.6. The maximum atomic E-state index is 13.1. The zero-order valence-electron chi connectivity index (χ0n) is 18.1. The Hall–Kier alpha value is -3.40. The minimum absolute atomic E-state index is 0.317. The van der Waals surface area contributed by atoms with Crippen LogP contribution in [0.2, 0.25) is 0 Å². The van der Waals surface area contributed by atoms with Crippen molar-refractivity contribution in [1.29, 1.82) is 0 Å². The van der Waals surface area contributed by atoms with Crippen LogP contribution in [0.4, 0.5) is 18.2 Å². The van der Waals surface area contributed by atoms with E-state index in [-0.39, 0.29) is 5.91 Å². The number of fused-ring (bicyclic) bond motifs is 1. The van der Waals surface area contributed by atoms with Crippen molar-refractivity contribution in [3.05, 3.63) is 86.1 Å². The molecule has 0 bridgehead atoms. The average molecular weight is 490 g/mol. The fourth-order valence-electron chi connectivity index (χ4n) is 3.90. The summed E-state index contributed by atoms with van der Waals surface area (Å²) in [5, 5.41) is 5.89. The second-order valence-corrected chi connectivity index (χ2v) is 9.12. The SMILES string of the molecule is O=C(Cn1cc(C(F)(F)F)ccc1=O)Nc1sc2c(c1C(=O)NCc1ccccc1)CCCC2. The molecule has 10 heteroatoms. The molecule has 2 N–H and O–H groups in total. The van der Waals surface area contributed by atoms with E-state index in [2.05, 4.69) is 10.6 Å². The number of aromatic nitrogens is 1. The first-order valence-electron chi connectivity index (χ1n) is 10.8. The van der Waals surface area contributed by atoms with Gasteiger partial charge in [0.05, 0.1) is 11.1 Å². The maximum absolute atomic E-state index is 13.1. The number of nitrogens with one attached hydrogen (secondary N) is 2.